The molecular formula is C18H32N4O3S. The van der Waals surface area contributed by atoms with Crippen molar-refractivity contribution in [1.29, 1.82) is 0 Å². The maximum atomic E-state index is 11.0. The van der Waals surface area contributed by atoms with E-state index in [-0.39, 0.29) is 18.5 Å². The van der Waals surface area contributed by atoms with E-state index in [4.69, 9.17) is 0 Å². The third kappa shape index (κ3) is 8.64. The number of aliphatic hydroxyl groups is 1. The zero-order chi connectivity index (χ0) is 19.8. The Hall–Kier alpha value is -1.64. The highest BCUT2D eigenvalue weighted by atomic mass is 32.2. The van der Waals surface area contributed by atoms with Gasteiger partial charge in [-0.2, -0.15) is 0 Å². The fraction of sp³-hybridized carbons (Fsp3) is 0.611. The Morgan fingerprint density at radius 2 is 1.77 bits per heavy atom. The first-order valence-corrected chi connectivity index (χ1v) is 10.7. The number of sulfonamides is 1. The lowest BCUT2D eigenvalue weighted by molar-refractivity contribution is 0.187. The molecule has 0 aliphatic carbocycles. The smallest absolute Gasteiger partial charge is 0.208 e. The molecule has 26 heavy (non-hydrogen) atoms. The number of aliphatic imine (C=N–C) groups is 1. The molecule has 0 aliphatic rings. The summed E-state index contributed by atoms with van der Waals surface area (Å²) < 4.78 is 24.5. The van der Waals surface area contributed by atoms with Crippen LogP contribution in [0.15, 0.2) is 29.3 Å². The molecule has 1 atom stereocenters. The van der Waals surface area contributed by atoms with Crippen molar-refractivity contribution in [3.8, 4) is 0 Å². The predicted molar refractivity (Wildman–Crippen MR) is 107 cm³/mol. The molecule has 1 unspecified atom stereocenters. The monoisotopic (exact) mass is 384 g/mol. The van der Waals surface area contributed by atoms with Crippen LogP contribution in [0, 0.1) is 0 Å². The molecule has 1 aromatic carbocycles. The molecule has 0 heterocycles. The van der Waals surface area contributed by atoms with Crippen LogP contribution in [-0.4, -0.2) is 51.9 Å². The summed E-state index contributed by atoms with van der Waals surface area (Å²) in [6.07, 6.45) is 0.418. The second-order valence-corrected chi connectivity index (χ2v) is 9.03. The van der Waals surface area contributed by atoms with Crippen LogP contribution >= 0.6 is 0 Å². The molecular weight excluding hydrogens is 352 g/mol. The highest BCUT2D eigenvalue weighted by molar-refractivity contribution is 7.88. The molecule has 0 fully saturated rings. The van der Waals surface area contributed by atoms with Crippen LogP contribution in [0.4, 0.5) is 0 Å². The van der Waals surface area contributed by atoms with Crippen LogP contribution in [0.2, 0.25) is 0 Å². The first-order chi connectivity index (χ1) is 12.0. The number of rotatable bonds is 8. The molecule has 0 aromatic heterocycles. The summed E-state index contributed by atoms with van der Waals surface area (Å²) in [7, 11) is -3.20. The molecule has 0 amide bonds. The van der Waals surface area contributed by atoms with Crippen molar-refractivity contribution in [2.45, 2.75) is 39.2 Å². The first kappa shape index (κ1) is 22.4. The topological polar surface area (TPSA) is 103 Å². The van der Waals surface area contributed by atoms with Crippen LogP contribution in [0.1, 0.15) is 44.9 Å². The largest absolute Gasteiger partial charge is 0.386 e. The number of guanidine groups is 1. The lowest BCUT2D eigenvalue weighted by Crippen LogP contribution is -2.41. The average Bonchev–Trinajstić information content (AvgIpc) is 2.54. The minimum Gasteiger partial charge on any atom is -0.386 e. The fourth-order valence-corrected chi connectivity index (χ4v) is 2.72. The Balaban J connectivity index is 2.61. The third-order valence-corrected chi connectivity index (χ3v) is 4.44. The van der Waals surface area contributed by atoms with Gasteiger partial charge in [-0.1, -0.05) is 45.0 Å². The first-order valence-electron chi connectivity index (χ1n) is 8.78. The fourth-order valence-electron chi connectivity index (χ4n) is 2.25. The second kappa shape index (κ2) is 9.89. The van der Waals surface area contributed by atoms with E-state index in [1.165, 1.54) is 5.56 Å². The Morgan fingerprint density at radius 3 is 2.27 bits per heavy atom. The molecule has 0 saturated carbocycles. The Kier molecular flexibility index (Phi) is 8.52. The van der Waals surface area contributed by atoms with Crippen molar-refractivity contribution in [2.24, 2.45) is 4.99 Å². The second-order valence-electron chi connectivity index (χ2n) is 7.20. The number of benzene rings is 1. The quantitative estimate of drug-likeness (QED) is 0.306. The van der Waals surface area contributed by atoms with Gasteiger partial charge in [-0.15, -0.1) is 0 Å². The van der Waals surface area contributed by atoms with Gasteiger partial charge >= 0.3 is 0 Å². The highest BCUT2D eigenvalue weighted by Gasteiger charge is 2.14. The molecule has 0 aliphatic heterocycles. The summed E-state index contributed by atoms with van der Waals surface area (Å²) in [4.78, 5) is 4.36. The lowest BCUT2D eigenvalue weighted by atomic mass is 9.86. The zero-order valence-electron chi connectivity index (χ0n) is 16.3. The highest BCUT2D eigenvalue weighted by Crippen LogP contribution is 2.24. The van der Waals surface area contributed by atoms with Gasteiger partial charge in [0.25, 0.3) is 0 Å². The Labute approximate surface area is 157 Å². The maximum Gasteiger partial charge on any atom is 0.208 e. The van der Waals surface area contributed by atoms with Gasteiger partial charge in [-0.25, -0.2) is 13.1 Å². The predicted octanol–water partition coefficient (Wildman–Crippen LogP) is 1.12. The summed E-state index contributed by atoms with van der Waals surface area (Å²) in [5.41, 5.74) is 2.10. The van der Waals surface area contributed by atoms with E-state index in [1.807, 2.05) is 31.2 Å². The maximum absolute atomic E-state index is 11.0. The van der Waals surface area contributed by atoms with Crippen molar-refractivity contribution in [1.82, 2.24) is 15.4 Å². The molecule has 0 spiro atoms. The van der Waals surface area contributed by atoms with Gasteiger partial charge in [-0.05, 0) is 23.5 Å². The Morgan fingerprint density at radius 1 is 1.15 bits per heavy atom. The van der Waals surface area contributed by atoms with Gasteiger partial charge in [0.15, 0.2) is 5.96 Å². The molecule has 0 bridgehead atoms. The number of nitrogens with zero attached hydrogens (tertiary/aromatic N) is 1. The number of aliphatic hydroxyl groups excluding tert-OH is 1. The lowest BCUT2D eigenvalue weighted by Gasteiger charge is -2.20. The summed E-state index contributed by atoms with van der Waals surface area (Å²) in [5.74, 6) is 0.535. The van der Waals surface area contributed by atoms with E-state index in [9.17, 15) is 13.5 Å². The summed E-state index contributed by atoms with van der Waals surface area (Å²) in [5, 5.41) is 16.5. The van der Waals surface area contributed by atoms with Crippen LogP contribution in [0.3, 0.4) is 0 Å². The molecule has 7 nitrogen and oxygen atoms in total. The van der Waals surface area contributed by atoms with Crippen molar-refractivity contribution < 1.29 is 13.5 Å². The Bertz CT molecular complexity index is 679. The van der Waals surface area contributed by atoms with E-state index in [0.717, 1.165) is 11.8 Å². The van der Waals surface area contributed by atoms with Crippen molar-refractivity contribution in [3.05, 3.63) is 35.4 Å². The molecule has 1 aromatic rings. The van der Waals surface area contributed by atoms with Crippen LogP contribution in [0.25, 0.3) is 0 Å². The SMILES string of the molecule is CCNC(=NCC(O)c1ccc(C(C)(C)C)cc1)NCCNS(C)(=O)=O. The van der Waals surface area contributed by atoms with E-state index in [2.05, 4.69) is 41.1 Å². The van der Waals surface area contributed by atoms with Gasteiger partial charge in [0.2, 0.25) is 10.0 Å². The molecule has 4 N–H and O–H groups in total. The van der Waals surface area contributed by atoms with Crippen molar-refractivity contribution in [2.75, 3.05) is 32.4 Å². The standard InChI is InChI=1S/C18H32N4O3S/c1-6-19-17(20-11-12-22-26(5,24)25)21-13-16(23)14-7-9-15(10-8-14)18(2,3)4/h7-10,16,22-23H,6,11-13H2,1-5H3,(H2,19,20,21). The number of nitrogens with one attached hydrogen (secondary N) is 3. The summed E-state index contributed by atoms with van der Waals surface area (Å²) in [6.45, 7) is 9.93. The minimum absolute atomic E-state index is 0.0732. The van der Waals surface area contributed by atoms with Gasteiger partial charge < -0.3 is 15.7 Å². The van der Waals surface area contributed by atoms with Crippen LogP contribution in [0.5, 0.6) is 0 Å². The number of hydrogen-bond acceptors (Lipinski definition) is 4. The normalized spacial score (nSPS) is 14.2. The minimum atomic E-state index is -3.20. The van der Waals surface area contributed by atoms with Crippen molar-refractivity contribution in [3.63, 3.8) is 0 Å². The van der Waals surface area contributed by atoms with Crippen molar-refractivity contribution >= 4 is 16.0 Å². The van der Waals surface area contributed by atoms with Gasteiger partial charge in [0.1, 0.15) is 0 Å². The average molecular weight is 385 g/mol. The van der Waals surface area contributed by atoms with E-state index >= 15 is 0 Å². The third-order valence-electron chi connectivity index (χ3n) is 3.71. The molecule has 148 valence electrons. The molecule has 0 radical (unpaired) electrons. The van der Waals surface area contributed by atoms with Gasteiger partial charge in [-0.3, -0.25) is 4.99 Å². The molecule has 0 saturated heterocycles. The van der Waals surface area contributed by atoms with E-state index < -0.39 is 16.1 Å². The molecule has 1 rings (SSSR count). The van der Waals surface area contributed by atoms with E-state index in [1.54, 1.807) is 0 Å². The van der Waals surface area contributed by atoms with Crippen LogP contribution < -0.4 is 15.4 Å². The summed E-state index contributed by atoms with van der Waals surface area (Å²) in [6, 6.07) is 7.92. The molecule has 8 heteroatoms. The number of hydrogen-bond donors (Lipinski definition) is 4. The van der Waals surface area contributed by atoms with Gasteiger partial charge in [0, 0.05) is 19.6 Å². The van der Waals surface area contributed by atoms with Crippen LogP contribution in [-0.2, 0) is 15.4 Å². The van der Waals surface area contributed by atoms with Gasteiger partial charge in [0.05, 0.1) is 18.9 Å². The summed E-state index contributed by atoms with van der Waals surface area (Å²) >= 11 is 0. The zero-order valence-corrected chi connectivity index (χ0v) is 17.2. The van der Waals surface area contributed by atoms with E-state index in [0.29, 0.717) is 19.0 Å².